The van der Waals surface area contributed by atoms with Gasteiger partial charge in [-0.05, 0) is 50.1 Å². The van der Waals surface area contributed by atoms with Crippen LogP contribution < -0.4 is 10.6 Å². The Labute approximate surface area is 107 Å². The van der Waals surface area contributed by atoms with E-state index >= 15 is 0 Å². The SMILES string of the molecule is CCC1(C(=O)Nc2ccc(F)cc2)CCCNC1. The van der Waals surface area contributed by atoms with Gasteiger partial charge in [0.25, 0.3) is 0 Å². The number of hydrogen-bond acceptors (Lipinski definition) is 2. The first-order valence-electron chi connectivity index (χ1n) is 6.44. The van der Waals surface area contributed by atoms with Crippen molar-refractivity contribution in [1.82, 2.24) is 5.32 Å². The van der Waals surface area contributed by atoms with Crippen LogP contribution in [-0.2, 0) is 4.79 Å². The predicted molar refractivity (Wildman–Crippen MR) is 69.9 cm³/mol. The molecule has 0 spiro atoms. The fraction of sp³-hybridized carbons (Fsp3) is 0.500. The van der Waals surface area contributed by atoms with Gasteiger partial charge in [0.2, 0.25) is 5.91 Å². The summed E-state index contributed by atoms with van der Waals surface area (Å²) in [6, 6.07) is 5.89. The Bertz CT molecular complexity index is 410. The van der Waals surface area contributed by atoms with Crippen LogP contribution in [0.5, 0.6) is 0 Å². The molecule has 0 bridgehead atoms. The van der Waals surface area contributed by atoms with E-state index in [9.17, 15) is 9.18 Å². The summed E-state index contributed by atoms with van der Waals surface area (Å²) in [7, 11) is 0. The molecule has 1 amide bonds. The second-order valence-electron chi connectivity index (χ2n) is 4.88. The third kappa shape index (κ3) is 2.70. The maximum Gasteiger partial charge on any atom is 0.231 e. The molecule has 1 heterocycles. The standard InChI is InChI=1S/C14H19FN2O/c1-2-14(8-3-9-16-10-14)13(18)17-12-6-4-11(15)5-7-12/h4-7,16H,2-3,8-10H2,1H3,(H,17,18). The van der Waals surface area contributed by atoms with Crippen LogP contribution in [0.3, 0.4) is 0 Å². The number of amides is 1. The van der Waals surface area contributed by atoms with Crippen molar-refractivity contribution >= 4 is 11.6 Å². The van der Waals surface area contributed by atoms with Crippen LogP contribution in [0.15, 0.2) is 24.3 Å². The minimum Gasteiger partial charge on any atom is -0.326 e. The van der Waals surface area contributed by atoms with Crippen LogP contribution in [-0.4, -0.2) is 19.0 Å². The van der Waals surface area contributed by atoms with Crippen LogP contribution >= 0.6 is 0 Å². The van der Waals surface area contributed by atoms with Crippen molar-refractivity contribution in [3.8, 4) is 0 Å². The summed E-state index contributed by atoms with van der Waals surface area (Å²) in [6.45, 7) is 3.74. The molecule has 1 unspecified atom stereocenters. The molecule has 1 aliphatic rings. The van der Waals surface area contributed by atoms with E-state index in [0.717, 1.165) is 32.4 Å². The van der Waals surface area contributed by atoms with E-state index < -0.39 is 0 Å². The van der Waals surface area contributed by atoms with E-state index in [1.165, 1.54) is 12.1 Å². The van der Waals surface area contributed by atoms with Crippen molar-refractivity contribution in [3.05, 3.63) is 30.1 Å². The zero-order valence-corrected chi connectivity index (χ0v) is 10.6. The van der Waals surface area contributed by atoms with Gasteiger partial charge in [0.05, 0.1) is 5.41 Å². The Morgan fingerprint density at radius 3 is 2.72 bits per heavy atom. The smallest absolute Gasteiger partial charge is 0.231 e. The molecule has 1 fully saturated rings. The summed E-state index contributed by atoms with van der Waals surface area (Å²) in [5.41, 5.74) is 0.326. The minimum atomic E-state index is -0.327. The number of rotatable bonds is 3. The number of piperidine rings is 1. The molecule has 0 radical (unpaired) electrons. The Balaban J connectivity index is 2.07. The molecule has 1 saturated heterocycles. The molecule has 98 valence electrons. The molecule has 1 aromatic rings. The van der Waals surface area contributed by atoms with E-state index in [1.54, 1.807) is 12.1 Å². The van der Waals surface area contributed by atoms with Gasteiger partial charge < -0.3 is 10.6 Å². The monoisotopic (exact) mass is 250 g/mol. The normalized spacial score (nSPS) is 23.7. The molecule has 2 rings (SSSR count). The Morgan fingerprint density at radius 2 is 2.17 bits per heavy atom. The van der Waals surface area contributed by atoms with Gasteiger partial charge in [0.15, 0.2) is 0 Å². The van der Waals surface area contributed by atoms with Crippen molar-refractivity contribution < 1.29 is 9.18 Å². The Hall–Kier alpha value is -1.42. The van der Waals surface area contributed by atoms with Crippen molar-refractivity contribution in [2.75, 3.05) is 18.4 Å². The molecule has 18 heavy (non-hydrogen) atoms. The number of nitrogens with one attached hydrogen (secondary N) is 2. The van der Waals surface area contributed by atoms with Crippen LogP contribution in [0.25, 0.3) is 0 Å². The number of benzene rings is 1. The van der Waals surface area contributed by atoms with Crippen LogP contribution in [0.1, 0.15) is 26.2 Å². The first-order chi connectivity index (χ1) is 8.66. The molecule has 3 nitrogen and oxygen atoms in total. The van der Waals surface area contributed by atoms with E-state index in [4.69, 9.17) is 0 Å². The third-order valence-corrected chi connectivity index (χ3v) is 3.73. The highest BCUT2D eigenvalue weighted by Crippen LogP contribution is 2.31. The molecule has 0 saturated carbocycles. The van der Waals surface area contributed by atoms with E-state index in [0.29, 0.717) is 5.69 Å². The molecular weight excluding hydrogens is 231 g/mol. The highest BCUT2D eigenvalue weighted by atomic mass is 19.1. The van der Waals surface area contributed by atoms with Crippen LogP contribution in [0, 0.1) is 11.2 Å². The zero-order chi connectivity index (χ0) is 13.0. The number of anilines is 1. The summed E-state index contributed by atoms with van der Waals surface area (Å²) in [5, 5.41) is 6.17. The topological polar surface area (TPSA) is 41.1 Å². The minimum absolute atomic E-state index is 0.0313. The molecule has 1 aliphatic heterocycles. The molecule has 2 N–H and O–H groups in total. The van der Waals surface area contributed by atoms with Crippen LogP contribution in [0.2, 0.25) is 0 Å². The second kappa shape index (κ2) is 5.48. The van der Waals surface area contributed by atoms with Crippen molar-refractivity contribution in [1.29, 1.82) is 0 Å². The van der Waals surface area contributed by atoms with Crippen molar-refractivity contribution in [2.24, 2.45) is 5.41 Å². The van der Waals surface area contributed by atoms with Gasteiger partial charge >= 0.3 is 0 Å². The number of hydrogen-bond donors (Lipinski definition) is 2. The fourth-order valence-electron chi connectivity index (χ4n) is 2.42. The molecule has 0 aliphatic carbocycles. The lowest BCUT2D eigenvalue weighted by Crippen LogP contribution is -2.47. The second-order valence-corrected chi connectivity index (χ2v) is 4.88. The van der Waals surface area contributed by atoms with Gasteiger partial charge in [0.1, 0.15) is 5.82 Å². The van der Waals surface area contributed by atoms with E-state index in [-0.39, 0.29) is 17.1 Å². The summed E-state index contributed by atoms with van der Waals surface area (Å²) in [5.74, 6) is -0.263. The highest BCUT2D eigenvalue weighted by molar-refractivity contribution is 5.95. The number of halogens is 1. The zero-order valence-electron chi connectivity index (χ0n) is 10.6. The summed E-state index contributed by atoms with van der Waals surface area (Å²) < 4.78 is 12.8. The molecular formula is C14H19FN2O. The molecule has 1 aromatic carbocycles. The van der Waals surface area contributed by atoms with Gasteiger partial charge in [0, 0.05) is 12.2 Å². The first kappa shape index (κ1) is 13.0. The fourth-order valence-corrected chi connectivity index (χ4v) is 2.42. The van der Waals surface area contributed by atoms with E-state index in [1.807, 2.05) is 6.92 Å². The average Bonchev–Trinajstić information content (AvgIpc) is 2.42. The number of carbonyl (C=O) groups is 1. The Morgan fingerprint density at radius 1 is 1.44 bits per heavy atom. The number of carbonyl (C=O) groups excluding carboxylic acids is 1. The van der Waals surface area contributed by atoms with Crippen molar-refractivity contribution in [2.45, 2.75) is 26.2 Å². The van der Waals surface area contributed by atoms with Gasteiger partial charge in [-0.15, -0.1) is 0 Å². The summed E-state index contributed by atoms with van der Waals surface area (Å²) in [6.07, 6.45) is 2.74. The van der Waals surface area contributed by atoms with Gasteiger partial charge in [-0.2, -0.15) is 0 Å². The van der Waals surface area contributed by atoms with E-state index in [2.05, 4.69) is 10.6 Å². The third-order valence-electron chi connectivity index (χ3n) is 3.73. The Kier molecular flexibility index (Phi) is 3.97. The lowest BCUT2D eigenvalue weighted by molar-refractivity contribution is -0.126. The summed E-state index contributed by atoms with van der Waals surface area (Å²) >= 11 is 0. The van der Waals surface area contributed by atoms with Gasteiger partial charge in [-0.3, -0.25) is 4.79 Å². The quantitative estimate of drug-likeness (QED) is 0.865. The first-order valence-corrected chi connectivity index (χ1v) is 6.44. The molecule has 4 heteroatoms. The molecule has 0 aromatic heterocycles. The average molecular weight is 250 g/mol. The van der Waals surface area contributed by atoms with Crippen molar-refractivity contribution in [3.63, 3.8) is 0 Å². The summed E-state index contributed by atoms with van der Waals surface area (Å²) in [4.78, 5) is 12.4. The van der Waals surface area contributed by atoms with Crippen LogP contribution in [0.4, 0.5) is 10.1 Å². The molecule has 1 atom stereocenters. The largest absolute Gasteiger partial charge is 0.326 e. The maximum atomic E-state index is 12.8. The lowest BCUT2D eigenvalue weighted by Gasteiger charge is -2.35. The highest BCUT2D eigenvalue weighted by Gasteiger charge is 2.37. The van der Waals surface area contributed by atoms with Gasteiger partial charge in [-0.25, -0.2) is 4.39 Å². The maximum absolute atomic E-state index is 12.8. The van der Waals surface area contributed by atoms with Gasteiger partial charge in [-0.1, -0.05) is 6.92 Å². The predicted octanol–water partition coefficient (Wildman–Crippen LogP) is 2.54. The lowest BCUT2D eigenvalue weighted by atomic mass is 9.77.